The van der Waals surface area contributed by atoms with Crippen LogP contribution in [0.3, 0.4) is 0 Å². The second-order valence-corrected chi connectivity index (χ2v) is 5.11. The second-order valence-electron chi connectivity index (χ2n) is 5.11. The number of nitrogens with one attached hydrogen (secondary N) is 2. The van der Waals surface area contributed by atoms with Crippen molar-refractivity contribution in [2.75, 3.05) is 12.4 Å². The highest BCUT2D eigenvalue weighted by atomic mass is 16.2. The summed E-state index contributed by atoms with van der Waals surface area (Å²) in [6.07, 6.45) is 0. The van der Waals surface area contributed by atoms with Gasteiger partial charge in [0.25, 0.3) is 0 Å². The summed E-state index contributed by atoms with van der Waals surface area (Å²) in [5.74, 6) is 0.435. The van der Waals surface area contributed by atoms with Crippen LogP contribution in [-0.2, 0) is 4.79 Å². The van der Waals surface area contributed by atoms with E-state index in [4.69, 9.17) is 0 Å². The molecular weight excluding hydrogens is 212 g/mol. The van der Waals surface area contributed by atoms with E-state index in [0.29, 0.717) is 5.92 Å². The molecule has 0 aliphatic rings. The van der Waals surface area contributed by atoms with Crippen LogP contribution in [0.1, 0.15) is 39.2 Å². The molecule has 0 saturated carbocycles. The van der Waals surface area contributed by atoms with Crippen LogP contribution in [0.2, 0.25) is 0 Å². The van der Waals surface area contributed by atoms with Crippen molar-refractivity contribution >= 4 is 11.6 Å². The van der Waals surface area contributed by atoms with Crippen LogP contribution in [0, 0.1) is 0 Å². The molecule has 1 aromatic carbocycles. The van der Waals surface area contributed by atoms with E-state index in [2.05, 4.69) is 30.5 Å². The number of likely N-dealkylation sites (N-methyl/N-ethyl adjacent to an activating group) is 1. The van der Waals surface area contributed by atoms with Gasteiger partial charge in [0.05, 0.1) is 5.54 Å². The van der Waals surface area contributed by atoms with Gasteiger partial charge in [0, 0.05) is 5.69 Å². The van der Waals surface area contributed by atoms with E-state index in [-0.39, 0.29) is 5.91 Å². The minimum atomic E-state index is -0.562. The van der Waals surface area contributed by atoms with E-state index in [0.717, 1.165) is 5.69 Å². The first-order valence-electron chi connectivity index (χ1n) is 5.97. The van der Waals surface area contributed by atoms with Crippen LogP contribution in [0.5, 0.6) is 0 Å². The monoisotopic (exact) mass is 234 g/mol. The van der Waals surface area contributed by atoms with Crippen molar-refractivity contribution in [3.63, 3.8) is 0 Å². The molecular formula is C14H22N2O. The highest BCUT2D eigenvalue weighted by Crippen LogP contribution is 2.19. The standard InChI is InChI=1S/C14H22N2O/c1-10(2)11-7-6-8-12(9-11)16-13(17)14(3,4)15-5/h6-10,15H,1-5H3,(H,16,17). The Morgan fingerprint density at radius 1 is 1.29 bits per heavy atom. The molecule has 3 nitrogen and oxygen atoms in total. The van der Waals surface area contributed by atoms with E-state index in [1.807, 2.05) is 32.0 Å². The zero-order valence-corrected chi connectivity index (χ0v) is 11.3. The van der Waals surface area contributed by atoms with Gasteiger partial charge in [-0.25, -0.2) is 0 Å². The number of amides is 1. The number of carbonyl (C=O) groups is 1. The Labute approximate surface area is 104 Å². The average Bonchev–Trinajstić information content (AvgIpc) is 2.29. The van der Waals surface area contributed by atoms with Gasteiger partial charge in [-0.1, -0.05) is 26.0 Å². The fourth-order valence-electron chi connectivity index (χ4n) is 1.38. The molecule has 0 spiro atoms. The largest absolute Gasteiger partial charge is 0.324 e. The lowest BCUT2D eigenvalue weighted by Crippen LogP contribution is -2.47. The number of benzene rings is 1. The summed E-state index contributed by atoms with van der Waals surface area (Å²) in [6.45, 7) is 7.99. The van der Waals surface area contributed by atoms with Gasteiger partial charge in [-0.05, 0) is 44.5 Å². The van der Waals surface area contributed by atoms with Crippen molar-refractivity contribution in [3.05, 3.63) is 29.8 Å². The molecule has 0 aliphatic heterocycles. The Morgan fingerprint density at radius 3 is 2.47 bits per heavy atom. The predicted molar refractivity (Wildman–Crippen MR) is 72.3 cm³/mol. The summed E-state index contributed by atoms with van der Waals surface area (Å²) < 4.78 is 0. The van der Waals surface area contributed by atoms with E-state index < -0.39 is 5.54 Å². The van der Waals surface area contributed by atoms with E-state index in [1.165, 1.54) is 5.56 Å². The first-order chi connectivity index (χ1) is 7.86. The minimum Gasteiger partial charge on any atom is -0.324 e. The number of hydrogen-bond acceptors (Lipinski definition) is 2. The Hall–Kier alpha value is -1.35. The normalized spacial score (nSPS) is 11.6. The van der Waals surface area contributed by atoms with Crippen LogP contribution < -0.4 is 10.6 Å². The molecule has 0 fully saturated rings. The van der Waals surface area contributed by atoms with Crippen LogP contribution in [0.25, 0.3) is 0 Å². The average molecular weight is 234 g/mol. The van der Waals surface area contributed by atoms with E-state index in [9.17, 15) is 4.79 Å². The number of carbonyl (C=O) groups excluding carboxylic acids is 1. The van der Waals surface area contributed by atoms with Gasteiger partial charge in [-0.3, -0.25) is 4.79 Å². The summed E-state index contributed by atoms with van der Waals surface area (Å²) in [4.78, 5) is 12.0. The zero-order valence-electron chi connectivity index (χ0n) is 11.3. The quantitative estimate of drug-likeness (QED) is 0.841. The molecule has 1 amide bonds. The summed E-state index contributed by atoms with van der Waals surface area (Å²) in [7, 11) is 1.78. The van der Waals surface area contributed by atoms with Crippen molar-refractivity contribution < 1.29 is 4.79 Å². The Morgan fingerprint density at radius 2 is 1.94 bits per heavy atom. The molecule has 0 saturated heterocycles. The highest BCUT2D eigenvalue weighted by Gasteiger charge is 2.25. The molecule has 0 atom stereocenters. The van der Waals surface area contributed by atoms with Crippen LogP contribution in [0.4, 0.5) is 5.69 Å². The van der Waals surface area contributed by atoms with Crippen LogP contribution in [0.15, 0.2) is 24.3 Å². The maximum atomic E-state index is 12.0. The third kappa shape index (κ3) is 3.56. The topological polar surface area (TPSA) is 41.1 Å². The first-order valence-corrected chi connectivity index (χ1v) is 5.97. The number of hydrogen-bond donors (Lipinski definition) is 2. The molecule has 0 radical (unpaired) electrons. The Bertz CT molecular complexity index is 397. The van der Waals surface area contributed by atoms with Gasteiger partial charge in [0.2, 0.25) is 5.91 Å². The molecule has 0 aliphatic carbocycles. The SMILES string of the molecule is CNC(C)(C)C(=O)Nc1cccc(C(C)C)c1. The molecule has 0 bridgehead atoms. The van der Waals surface area contributed by atoms with Gasteiger partial charge < -0.3 is 10.6 Å². The summed E-state index contributed by atoms with van der Waals surface area (Å²) in [5.41, 5.74) is 1.52. The second kappa shape index (κ2) is 5.32. The molecule has 1 aromatic rings. The zero-order chi connectivity index (χ0) is 13.1. The fourth-order valence-corrected chi connectivity index (χ4v) is 1.38. The molecule has 0 heterocycles. The molecule has 3 heteroatoms. The maximum Gasteiger partial charge on any atom is 0.244 e. The molecule has 17 heavy (non-hydrogen) atoms. The molecule has 1 rings (SSSR count). The van der Waals surface area contributed by atoms with Crippen molar-refractivity contribution in [2.24, 2.45) is 0 Å². The van der Waals surface area contributed by atoms with Gasteiger partial charge in [0.1, 0.15) is 0 Å². The van der Waals surface area contributed by atoms with Gasteiger partial charge in [-0.15, -0.1) is 0 Å². The lowest BCUT2D eigenvalue weighted by Gasteiger charge is -2.23. The van der Waals surface area contributed by atoms with E-state index in [1.54, 1.807) is 7.05 Å². The highest BCUT2D eigenvalue weighted by molar-refractivity contribution is 5.97. The van der Waals surface area contributed by atoms with Crippen molar-refractivity contribution in [1.29, 1.82) is 0 Å². The third-order valence-corrected chi connectivity index (χ3v) is 3.00. The van der Waals surface area contributed by atoms with Crippen molar-refractivity contribution in [2.45, 2.75) is 39.2 Å². The van der Waals surface area contributed by atoms with E-state index >= 15 is 0 Å². The number of rotatable bonds is 4. The summed E-state index contributed by atoms with van der Waals surface area (Å²) in [5, 5.41) is 5.91. The Balaban J connectivity index is 2.82. The molecule has 2 N–H and O–H groups in total. The Kier molecular flexibility index (Phi) is 4.29. The maximum absolute atomic E-state index is 12.0. The smallest absolute Gasteiger partial charge is 0.244 e. The number of anilines is 1. The first kappa shape index (κ1) is 13.7. The van der Waals surface area contributed by atoms with Crippen LogP contribution in [-0.4, -0.2) is 18.5 Å². The minimum absolute atomic E-state index is 0.0269. The van der Waals surface area contributed by atoms with Crippen LogP contribution >= 0.6 is 0 Å². The molecule has 0 aromatic heterocycles. The van der Waals surface area contributed by atoms with Crippen molar-refractivity contribution in [1.82, 2.24) is 5.32 Å². The summed E-state index contributed by atoms with van der Waals surface area (Å²) >= 11 is 0. The lowest BCUT2D eigenvalue weighted by atomic mass is 10.0. The van der Waals surface area contributed by atoms with Gasteiger partial charge in [0.15, 0.2) is 0 Å². The predicted octanol–water partition coefficient (Wildman–Crippen LogP) is 2.75. The third-order valence-electron chi connectivity index (χ3n) is 3.00. The lowest BCUT2D eigenvalue weighted by molar-refractivity contribution is -0.121. The molecule has 0 unspecified atom stereocenters. The summed E-state index contributed by atoms with van der Waals surface area (Å²) in [6, 6.07) is 7.98. The fraction of sp³-hybridized carbons (Fsp3) is 0.500. The molecule has 94 valence electrons. The van der Waals surface area contributed by atoms with Gasteiger partial charge in [-0.2, -0.15) is 0 Å². The van der Waals surface area contributed by atoms with Gasteiger partial charge >= 0.3 is 0 Å². The van der Waals surface area contributed by atoms with Crippen molar-refractivity contribution in [3.8, 4) is 0 Å².